The molecular formula is C20H21ClN2O3. The SMILES string of the molecule is O=C(COc1ccc(Cl)cc1)NCCCC(=O)N1Cc2ccccc2C1. The Morgan fingerprint density at radius 2 is 1.69 bits per heavy atom. The number of rotatable bonds is 7. The summed E-state index contributed by atoms with van der Waals surface area (Å²) in [5.74, 6) is 0.502. The van der Waals surface area contributed by atoms with E-state index in [2.05, 4.69) is 17.4 Å². The van der Waals surface area contributed by atoms with Crippen LogP contribution in [0, 0.1) is 0 Å². The maximum absolute atomic E-state index is 12.3. The number of hydrogen-bond acceptors (Lipinski definition) is 3. The Hall–Kier alpha value is -2.53. The van der Waals surface area contributed by atoms with Gasteiger partial charge < -0.3 is 15.0 Å². The molecule has 136 valence electrons. The molecule has 26 heavy (non-hydrogen) atoms. The van der Waals surface area contributed by atoms with E-state index in [-0.39, 0.29) is 18.4 Å². The second-order valence-corrected chi connectivity index (χ2v) is 6.65. The zero-order valence-corrected chi connectivity index (χ0v) is 15.2. The van der Waals surface area contributed by atoms with Crippen molar-refractivity contribution in [2.24, 2.45) is 0 Å². The van der Waals surface area contributed by atoms with E-state index < -0.39 is 0 Å². The third-order valence-corrected chi connectivity index (χ3v) is 4.52. The van der Waals surface area contributed by atoms with Gasteiger partial charge >= 0.3 is 0 Å². The molecule has 1 aliphatic heterocycles. The first-order valence-electron chi connectivity index (χ1n) is 8.61. The van der Waals surface area contributed by atoms with E-state index in [9.17, 15) is 9.59 Å². The van der Waals surface area contributed by atoms with Crippen LogP contribution in [0.15, 0.2) is 48.5 Å². The number of fused-ring (bicyclic) bond motifs is 1. The number of halogens is 1. The van der Waals surface area contributed by atoms with Crippen molar-refractivity contribution in [1.29, 1.82) is 0 Å². The number of hydrogen-bond donors (Lipinski definition) is 1. The third kappa shape index (κ3) is 4.99. The minimum Gasteiger partial charge on any atom is -0.484 e. The van der Waals surface area contributed by atoms with Crippen molar-refractivity contribution in [3.63, 3.8) is 0 Å². The van der Waals surface area contributed by atoms with Crippen molar-refractivity contribution in [1.82, 2.24) is 10.2 Å². The van der Waals surface area contributed by atoms with Gasteiger partial charge in [-0.25, -0.2) is 0 Å². The maximum Gasteiger partial charge on any atom is 0.257 e. The van der Waals surface area contributed by atoms with E-state index in [1.165, 1.54) is 11.1 Å². The van der Waals surface area contributed by atoms with Crippen LogP contribution in [0.4, 0.5) is 0 Å². The molecule has 0 aliphatic carbocycles. The van der Waals surface area contributed by atoms with E-state index in [4.69, 9.17) is 16.3 Å². The van der Waals surface area contributed by atoms with Gasteiger partial charge in [0.05, 0.1) is 0 Å². The molecule has 0 bridgehead atoms. The highest BCUT2D eigenvalue weighted by atomic mass is 35.5. The molecule has 0 saturated heterocycles. The molecular weight excluding hydrogens is 352 g/mol. The fourth-order valence-electron chi connectivity index (χ4n) is 2.87. The summed E-state index contributed by atoms with van der Waals surface area (Å²) >= 11 is 5.79. The van der Waals surface area contributed by atoms with Crippen molar-refractivity contribution in [3.8, 4) is 5.75 Å². The summed E-state index contributed by atoms with van der Waals surface area (Å²) in [6.07, 6.45) is 1.03. The van der Waals surface area contributed by atoms with Crippen LogP contribution < -0.4 is 10.1 Å². The molecule has 3 rings (SSSR count). The summed E-state index contributed by atoms with van der Waals surface area (Å²) in [5, 5.41) is 3.38. The predicted molar refractivity (Wildman–Crippen MR) is 99.9 cm³/mol. The molecule has 6 heteroatoms. The van der Waals surface area contributed by atoms with Crippen LogP contribution in [-0.2, 0) is 22.7 Å². The number of nitrogens with zero attached hydrogens (tertiary/aromatic N) is 1. The monoisotopic (exact) mass is 372 g/mol. The van der Waals surface area contributed by atoms with E-state index >= 15 is 0 Å². The average molecular weight is 373 g/mol. The van der Waals surface area contributed by atoms with Crippen molar-refractivity contribution >= 4 is 23.4 Å². The van der Waals surface area contributed by atoms with Gasteiger partial charge in [0.15, 0.2) is 6.61 Å². The van der Waals surface area contributed by atoms with Crippen molar-refractivity contribution in [2.45, 2.75) is 25.9 Å². The summed E-state index contributed by atoms with van der Waals surface area (Å²) in [7, 11) is 0. The number of carbonyl (C=O) groups is 2. The minimum atomic E-state index is -0.207. The zero-order valence-electron chi connectivity index (χ0n) is 14.4. The highest BCUT2D eigenvalue weighted by Crippen LogP contribution is 2.22. The summed E-state index contributed by atoms with van der Waals surface area (Å²) in [4.78, 5) is 25.9. The lowest BCUT2D eigenvalue weighted by atomic mass is 10.1. The van der Waals surface area contributed by atoms with Gasteiger partial charge in [0, 0.05) is 31.1 Å². The molecule has 1 heterocycles. The second-order valence-electron chi connectivity index (χ2n) is 6.21. The van der Waals surface area contributed by atoms with Gasteiger partial charge in [-0.2, -0.15) is 0 Å². The number of amides is 2. The molecule has 1 N–H and O–H groups in total. The smallest absolute Gasteiger partial charge is 0.257 e. The first kappa shape index (κ1) is 18.3. The number of nitrogens with one attached hydrogen (secondary N) is 1. The van der Waals surface area contributed by atoms with Crippen LogP contribution >= 0.6 is 11.6 Å². The van der Waals surface area contributed by atoms with Crippen LogP contribution in [0.3, 0.4) is 0 Å². The second kappa shape index (κ2) is 8.72. The number of carbonyl (C=O) groups excluding carboxylic acids is 2. The Kier molecular flexibility index (Phi) is 6.12. The van der Waals surface area contributed by atoms with Gasteiger partial charge in [-0.15, -0.1) is 0 Å². The first-order chi connectivity index (χ1) is 12.6. The molecule has 0 spiro atoms. The van der Waals surface area contributed by atoms with E-state index in [0.717, 1.165) is 0 Å². The minimum absolute atomic E-state index is 0.0585. The maximum atomic E-state index is 12.3. The Balaban J connectivity index is 1.31. The molecule has 2 aromatic carbocycles. The van der Waals surface area contributed by atoms with Crippen molar-refractivity contribution in [2.75, 3.05) is 13.2 Å². The summed E-state index contributed by atoms with van der Waals surface area (Å²) in [6, 6.07) is 14.9. The standard InChI is InChI=1S/C20H21ClN2O3/c21-17-7-9-18(10-8-17)26-14-19(24)22-11-3-6-20(25)23-12-15-4-1-2-5-16(15)13-23/h1-2,4-5,7-10H,3,6,11-14H2,(H,22,24). The van der Waals surface area contributed by atoms with Gasteiger partial charge in [0.1, 0.15) is 5.75 Å². The van der Waals surface area contributed by atoms with Gasteiger partial charge in [-0.1, -0.05) is 35.9 Å². The topological polar surface area (TPSA) is 58.6 Å². The van der Waals surface area contributed by atoms with Gasteiger partial charge in [-0.3, -0.25) is 9.59 Å². The fraction of sp³-hybridized carbons (Fsp3) is 0.300. The van der Waals surface area contributed by atoms with Gasteiger partial charge in [-0.05, 0) is 41.8 Å². The van der Waals surface area contributed by atoms with Crippen LogP contribution in [-0.4, -0.2) is 29.9 Å². The molecule has 0 radical (unpaired) electrons. The lowest BCUT2D eigenvalue weighted by molar-refractivity contribution is -0.132. The Labute approximate surface area is 157 Å². The zero-order chi connectivity index (χ0) is 18.4. The quantitative estimate of drug-likeness (QED) is 0.759. The van der Waals surface area contributed by atoms with E-state index in [1.54, 1.807) is 24.3 Å². The molecule has 0 atom stereocenters. The van der Waals surface area contributed by atoms with Crippen molar-refractivity contribution in [3.05, 3.63) is 64.7 Å². The molecule has 2 aromatic rings. The van der Waals surface area contributed by atoms with Crippen molar-refractivity contribution < 1.29 is 14.3 Å². The number of ether oxygens (including phenoxy) is 1. The Bertz CT molecular complexity index is 752. The lowest BCUT2D eigenvalue weighted by Crippen LogP contribution is -2.31. The van der Waals surface area contributed by atoms with Gasteiger partial charge in [0.2, 0.25) is 5.91 Å². The summed E-state index contributed by atoms with van der Waals surface area (Å²) in [6.45, 7) is 1.75. The summed E-state index contributed by atoms with van der Waals surface area (Å²) in [5.41, 5.74) is 2.43. The average Bonchev–Trinajstić information content (AvgIpc) is 3.09. The normalized spacial score (nSPS) is 12.6. The highest BCUT2D eigenvalue weighted by molar-refractivity contribution is 6.30. The lowest BCUT2D eigenvalue weighted by Gasteiger charge is -2.15. The summed E-state index contributed by atoms with van der Waals surface area (Å²) < 4.78 is 5.37. The molecule has 0 saturated carbocycles. The van der Waals surface area contributed by atoms with Crippen LogP contribution in [0.1, 0.15) is 24.0 Å². The largest absolute Gasteiger partial charge is 0.484 e. The predicted octanol–water partition coefficient (Wildman–Crippen LogP) is 3.16. The fourth-order valence-corrected chi connectivity index (χ4v) is 2.99. The first-order valence-corrected chi connectivity index (χ1v) is 8.99. The van der Waals surface area contributed by atoms with Crippen LogP contribution in [0.2, 0.25) is 5.02 Å². The van der Waals surface area contributed by atoms with Crippen LogP contribution in [0.25, 0.3) is 0 Å². The Morgan fingerprint density at radius 1 is 1.04 bits per heavy atom. The number of benzene rings is 2. The van der Waals surface area contributed by atoms with E-state index in [1.807, 2.05) is 17.0 Å². The molecule has 0 aromatic heterocycles. The van der Waals surface area contributed by atoms with Gasteiger partial charge in [0.25, 0.3) is 5.91 Å². The third-order valence-electron chi connectivity index (χ3n) is 4.27. The molecule has 5 nitrogen and oxygen atoms in total. The molecule has 1 aliphatic rings. The highest BCUT2D eigenvalue weighted by Gasteiger charge is 2.22. The van der Waals surface area contributed by atoms with Crippen LogP contribution in [0.5, 0.6) is 5.75 Å². The molecule has 0 unspecified atom stereocenters. The molecule has 0 fully saturated rings. The Morgan fingerprint density at radius 3 is 2.35 bits per heavy atom. The van der Waals surface area contributed by atoms with E-state index in [0.29, 0.717) is 43.2 Å². The molecule has 2 amide bonds.